The van der Waals surface area contributed by atoms with E-state index in [1.165, 1.54) is 28.3 Å². The number of amides is 3. The van der Waals surface area contributed by atoms with Crippen LogP contribution in [0.4, 0.5) is 10.5 Å². The van der Waals surface area contributed by atoms with Crippen molar-refractivity contribution < 1.29 is 9.59 Å². The normalized spacial score (nSPS) is 26.2. The van der Waals surface area contributed by atoms with Crippen LogP contribution in [0.3, 0.4) is 0 Å². The predicted molar refractivity (Wildman–Crippen MR) is 136 cm³/mol. The van der Waals surface area contributed by atoms with Crippen molar-refractivity contribution >= 4 is 23.3 Å². The van der Waals surface area contributed by atoms with Gasteiger partial charge in [-0.3, -0.25) is 9.20 Å². The molecule has 2 aromatic heterocycles. The Balaban J connectivity index is 0.993. The Morgan fingerprint density at radius 3 is 2.47 bits per heavy atom. The van der Waals surface area contributed by atoms with Crippen LogP contribution in [0.2, 0.25) is 0 Å². The Morgan fingerprint density at radius 2 is 1.75 bits per heavy atom. The van der Waals surface area contributed by atoms with Crippen molar-refractivity contribution in [3.05, 3.63) is 64.7 Å². The van der Waals surface area contributed by atoms with Crippen LogP contribution in [-0.2, 0) is 11.3 Å². The second kappa shape index (κ2) is 9.11. The summed E-state index contributed by atoms with van der Waals surface area (Å²) in [5.74, 6) is 2.13. The number of hydrogen-bond donors (Lipinski definition) is 3. The molecule has 36 heavy (non-hydrogen) atoms. The molecule has 4 fully saturated rings. The van der Waals surface area contributed by atoms with Gasteiger partial charge in [-0.2, -0.15) is 0 Å². The monoisotopic (exact) mass is 488 g/mol. The van der Waals surface area contributed by atoms with Gasteiger partial charge in [0.25, 0.3) is 0 Å². The molecule has 7 rings (SSSR count). The molecule has 0 saturated heterocycles. The lowest BCUT2D eigenvalue weighted by atomic mass is 9.53. The number of nitrogens with zero attached hydrogens (tertiary/aromatic N) is 3. The van der Waals surface area contributed by atoms with Crippen LogP contribution in [0.15, 0.2) is 53.5 Å². The maximum absolute atomic E-state index is 12.6. The van der Waals surface area contributed by atoms with Gasteiger partial charge in [-0.25, -0.2) is 14.3 Å². The van der Waals surface area contributed by atoms with E-state index in [2.05, 4.69) is 21.0 Å². The zero-order valence-corrected chi connectivity index (χ0v) is 20.3. The number of carbonyl (C=O) groups excluding carboxylic acids is 2. The summed E-state index contributed by atoms with van der Waals surface area (Å²) in [5.41, 5.74) is 1.84. The van der Waals surface area contributed by atoms with Gasteiger partial charge in [-0.1, -0.05) is 18.2 Å². The van der Waals surface area contributed by atoms with Gasteiger partial charge >= 0.3 is 11.7 Å². The smallest absolute Gasteiger partial charge is 0.338 e. The summed E-state index contributed by atoms with van der Waals surface area (Å²) in [5, 5.41) is 13.4. The maximum atomic E-state index is 12.6. The van der Waals surface area contributed by atoms with E-state index in [9.17, 15) is 14.4 Å². The average Bonchev–Trinajstić information content (AvgIpc) is 3.13. The summed E-state index contributed by atoms with van der Waals surface area (Å²) in [6, 6.07) is 12.6. The highest BCUT2D eigenvalue weighted by Crippen LogP contribution is 2.55. The molecule has 3 aromatic rings. The summed E-state index contributed by atoms with van der Waals surface area (Å²) in [6.07, 6.45) is 9.18. The standard InChI is InChI=1S/C27H32N6O3/c34-24(7-8-28-25(35)30-27-14-19-10-20(15-27)12-21(11-19)16-27)29-22-5-3-4-18(13-22)17-33-26(36)32-9-2-1-6-23(32)31-33/h1-6,9,13,19-21H,7-8,10-12,14-17H2,(H,29,34)(H2,28,30,35). The lowest BCUT2D eigenvalue weighted by molar-refractivity contribution is -0.116. The maximum Gasteiger partial charge on any atom is 0.350 e. The molecule has 4 aliphatic rings. The molecule has 2 heterocycles. The van der Waals surface area contributed by atoms with E-state index in [0.29, 0.717) is 17.9 Å². The summed E-state index contributed by atoms with van der Waals surface area (Å²) in [6.45, 7) is 0.580. The number of nitrogens with one attached hydrogen (secondary N) is 3. The topological polar surface area (TPSA) is 110 Å². The molecule has 4 aliphatic carbocycles. The van der Waals surface area contributed by atoms with Crippen LogP contribution in [-0.4, -0.2) is 38.2 Å². The minimum absolute atomic E-state index is 0.0373. The third-order valence-corrected chi connectivity index (χ3v) is 8.09. The van der Waals surface area contributed by atoms with Crippen molar-refractivity contribution in [3.63, 3.8) is 0 Å². The third-order valence-electron chi connectivity index (χ3n) is 8.09. The first-order valence-corrected chi connectivity index (χ1v) is 12.9. The molecule has 1 aromatic carbocycles. The summed E-state index contributed by atoms with van der Waals surface area (Å²) in [4.78, 5) is 37.6. The summed E-state index contributed by atoms with van der Waals surface area (Å²) in [7, 11) is 0. The van der Waals surface area contributed by atoms with Gasteiger partial charge in [0.2, 0.25) is 5.91 Å². The highest BCUT2D eigenvalue weighted by Gasteiger charge is 2.51. The highest BCUT2D eigenvalue weighted by molar-refractivity contribution is 5.91. The molecule has 9 nitrogen and oxygen atoms in total. The number of fused-ring (bicyclic) bond motifs is 1. The predicted octanol–water partition coefficient (Wildman–Crippen LogP) is 3.14. The highest BCUT2D eigenvalue weighted by atomic mass is 16.2. The Bertz CT molecular complexity index is 1320. The van der Waals surface area contributed by atoms with Crippen LogP contribution in [0, 0.1) is 17.8 Å². The van der Waals surface area contributed by atoms with E-state index in [0.717, 1.165) is 42.6 Å². The van der Waals surface area contributed by atoms with Crippen molar-refractivity contribution in [1.82, 2.24) is 24.8 Å². The zero-order chi connectivity index (χ0) is 24.7. The van der Waals surface area contributed by atoms with Gasteiger partial charge in [0.15, 0.2) is 5.65 Å². The fourth-order valence-electron chi connectivity index (χ4n) is 7.05. The third kappa shape index (κ3) is 4.62. The molecule has 9 heteroatoms. The molecular formula is C27H32N6O3. The first-order chi connectivity index (χ1) is 17.4. The zero-order valence-electron chi connectivity index (χ0n) is 20.3. The molecule has 0 radical (unpaired) electrons. The van der Waals surface area contributed by atoms with Crippen molar-refractivity contribution in [3.8, 4) is 0 Å². The molecule has 188 valence electrons. The van der Waals surface area contributed by atoms with E-state index >= 15 is 0 Å². The first-order valence-electron chi connectivity index (χ1n) is 12.9. The number of benzene rings is 1. The van der Waals surface area contributed by atoms with Gasteiger partial charge in [-0.15, -0.1) is 5.10 Å². The Morgan fingerprint density at radius 1 is 1.00 bits per heavy atom. The molecule has 0 aliphatic heterocycles. The van der Waals surface area contributed by atoms with Crippen molar-refractivity contribution in [1.29, 1.82) is 0 Å². The second-order valence-corrected chi connectivity index (χ2v) is 10.9. The van der Waals surface area contributed by atoms with Crippen molar-refractivity contribution in [2.45, 2.75) is 57.0 Å². The molecule has 0 unspecified atom stereocenters. The van der Waals surface area contributed by atoms with Gasteiger partial charge in [0.1, 0.15) is 0 Å². The Labute approximate surface area is 209 Å². The van der Waals surface area contributed by atoms with E-state index in [4.69, 9.17) is 0 Å². The minimum Gasteiger partial charge on any atom is -0.338 e. The molecule has 4 saturated carbocycles. The number of pyridine rings is 1. The Kier molecular flexibility index (Phi) is 5.78. The van der Waals surface area contributed by atoms with Crippen LogP contribution >= 0.6 is 0 Å². The summed E-state index contributed by atoms with van der Waals surface area (Å²) < 4.78 is 2.90. The van der Waals surface area contributed by atoms with E-state index in [1.807, 2.05) is 24.3 Å². The van der Waals surface area contributed by atoms with E-state index < -0.39 is 0 Å². The van der Waals surface area contributed by atoms with Crippen molar-refractivity contribution in [2.75, 3.05) is 11.9 Å². The molecule has 3 amide bonds. The number of carbonyl (C=O) groups is 2. The van der Waals surface area contributed by atoms with Crippen molar-refractivity contribution in [2.24, 2.45) is 17.8 Å². The SMILES string of the molecule is O=C(CCNC(=O)NC12CC3CC(CC(C3)C1)C2)Nc1cccc(Cn2nc3ccccn3c2=O)c1. The number of anilines is 1. The number of aromatic nitrogens is 3. The van der Waals surface area contributed by atoms with Gasteiger partial charge < -0.3 is 16.0 Å². The fourth-order valence-corrected chi connectivity index (χ4v) is 7.05. The van der Waals surface area contributed by atoms with Gasteiger partial charge in [0, 0.05) is 30.4 Å². The number of rotatable bonds is 7. The Hall–Kier alpha value is -3.62. The molecule has 0 atom stereocenters. The average molecular weight is 489 g/mol. The number of hydrogen-bond acceptors (Lipinski definition) is 4. The first kappa shape index (κ1) is 22.8. The quantitative estimate of drug-likeness (QED) is 0.475. The van der Waals surface area contributed by atoms with Crippen LogP contribution < -0.4 is 21.6 Å². The molecular weight excluding hydrogens is 456 g/mol. The lowest BCUT2D eigenvalue weighted by Gasteiger charge is -2.56. The molecule has 0 spiro atoms. The van der Waals surface area contributed by atoms with Gasteiger partial charge in [0.05, 0.1) is 6.54 Å². The van der Waals surface area contributed by atoms with E-state index in [-0.39, 0.29) is 36.1 Å². The largest absolute Gasteiger partial charge is 0.350 e. The molecule has 3 N–H and O–H groups in total. The van der Waals surface area contributed by atoms with Crippen LogP contribution in [0.5, 0.6) is 0 Å². The van der Waals surface area contributed by atoms with Crippen LogP contribution in [0.25, 0.3) is 5.65 Å². The lowest BCUT2D eigenvalue weighted by Crippen LogP contribution is -2.61. The van der Waals surface area contributed by atoms with E-state index in [1.54, 1.807) is 24.4 Å². The van der Waals surface area contributed by atoms with Gasteiger partial charge in [-0.05, 0) is 86.1 Å². The number of urea groups is 1. The molecule has 4 bridgehead atoms. The second-order valence-electron chi connectivity index (χ2n) is 10.9. The van der Waals surface area contributed by atoms with Crippen LogP contribution in [0.1, 0.15) is 50.5 Å². The summed E-state index contributed by atoms with van der Waals surface area (Å²) >= 11 is 0. The fraction of sp³-hybridized carbons (Fsp3) is 0.481. The minimum atomic E-state index is -0.210.